The van der Waals surface area contributed by atoms with E-state index in [-0.39, 0.29) is 18.7 Å². The van der Waals surface area contributed by atoms with Crippen molar-refractivity contribution < 1.29 is 22.4 Å². The number of benzene rings is 1. The molecule has 0 saturated carbocycles. The number of halogens is 4. The van der Waals surface area contributed by atoms with Gasteiger partial charge in [0.25, 0.3) is 0 Å². The third-order valence-corrected chi connectivity index (χ3v) is 2.95. The van der Waals surface area contributed by atoms with Crippen molar-refractivity contribution in [2.45, 2.75) is 19.5 Å². The van der Waals surface area contributed by atoms with Crippen LogP contribution in [-0.2, 0) is 0 Å². The van der Waals surface area contributed by atoms with Gasteiger partial charge in [0.2, 0.25) is 0 Å². The van der Waals surface area contributed by atoms with Gasteiger partial charge in [0.05, 0.1) is 12.0 Å². The normalized spacial score (nSPS) is 13.6. The van der Waals surface area contributed by atoms with E-state index in [1.807, 2.05) is 0 Å². The summed E-state index contributed by atoms with van der Waals surface area (Å²) in [6, 6.07) is 5.60. The molecule has 1 rings (SSSR count). The van der Waals surface area contributed by atoms with Crippen molar-refractivity contribution in [2.75, 3.05) is 20.1 Å². The standard InChI is InChI=1S/C14H17F4NO/c1-10(9-19(2)8-7-14(16,17)18)13(20)11-5-3-4-6-12(11)15/h3-6,10H,7-9H2,1-2H3. The first-order valence-electron chi connectivity index (χ1n) is 6.24. The van der Waals surface area contributed by atoms with Gasteiger partial charge in [-0.3, -0.25) is 4.79 Å². The number of rotatable bonds is 6. The van der Waals surface area contributed by atoms with E-state index in [0.717, 1.165) is 0 Å². The number of Topliss-reactive ketones (excluding diaryl/α,β-unsaturated/α-hetero) is 1. The van der Waals surface area contributed by atoms with E-state index in [2.05, 4.69) is 0 Å². The van der Waals surface area contributed by atoms with Gasteiger partial charge in [-0.15, -0.1) is 0 Å². The van der Waals surface area contributed by atoms with Crippen LogP contribution in [0.2, 0.25) is 0 Å². The van der Waals surface area contributed by atoms with Gasteiger partial charge in [0.1, 0.15) is 5.82 Å². The number of hydrogen-bond acceptors (Lipinski definition) is 2. The molecule has 1 unspecified atom stereocenters. The summed E-state index contributed by atoms with van der Waals surface area (Å²) in [5, 5.41) is 0. The monoisotopic (exact) mass is 291 g/mol. The van der Waals surface area contributed by atoms with Crippen LogP contribution in [0.15, 0.2) is 24.3 Å². The van der Waals surface area contributed by atoms with Crippen LogP contribution < -0.4 is 0 Å². The molecule has 0 N–H and O–H groups in total. The largest absolute Gasteiger partial charge is 0.390 e. The van der Waals surface area contributed by atoms with Crippen LogP contribution in [0, 0.1) is 11.7 Å². The Bertz CT molecular complexity index is 459. The van der Waals surface area contributed by atoms with Crippen molar-refractivity contribution in [3.05, 3.63) is 35.6 Å². The lowest BCUT2D eigenvalue weighted by Gasteiger charge is -2.21. The average Bonchev–Trinajstić information content (AvgIpc) is 2.35. The van der Waals surface area contributed by atoms with Gasteiger partial charge >= 0.3 is 6.18 Å². The molecule has 1 aromatic carbocycles. The third kappa shape index (κ3) is 5.28. The smallest absolute Gasteiger partial charge is 0.305 e. The summed E-state index contributed by atoms with van der Waals surface area (Å²) in [5.41, 5.74) is -0.0239. The highest BCUT2D eigenvalue weighted by atomic mass is 19.4. The second kappa shape index (κ2) is 6.83. The molecule has 0 spiro atoms. The Morgan fingerprint density at radius 1 is 1.30 bits per heavy atom. The van der Waals surface area contributed by atoms with Crippen LogP contribution in [0.25, 0.3) is 0 Å². The maximum Gasteiger partial charge on any atom is 0.390 e. The quantitative estimate of drug-likeness (QED) is 0.590. The highest BCUT2D eigenvalue weighted by molar-refractivity contribution is 5.98. The zero-order chi connectivity index (χ0) is 15.3. The molecule has 112 valence electrons. The van der Waals surface area contributed by atoms with Crippen LogP contribution in [0.5, 0.6) is 0 Å². The van der Waals surface area contributed by atoms with Crippen molar-refractivity contribution in [1.29, 1.82) is 0 Å². The predicted octanol–water partition coefficient (Wildman–Crippen LogP) is 3.53. The topological polar surface area (TPSA) is 20.3 Å². The summed E-state index contributed by atoms with van der Waals surface area (Å²) in [7, 11) is 1.51. The van der Waals surface area contributed by atoms with Crippen molar-refractivity contribution >= 4 is 5.78 Å². The third-order valence-electron chi connectivity index (χ3n) is 2.95. The molecule has 0 bridgehead atoms. The minimum absolute atomic E-state index is 0.0239. The number of hydrogen-bond donors (Lipinski definition) is 0. The minimum Gasteiger partial charge on any atom is -0.305 e. The molecular formula is C14H17F4NO. The Morgan fingerprint density at radius 3 is 2.45 bits per heavy atom. The van der Waals surface area contributed by atoms with Gasteiger partial charge in [-0.1, -0.05) is 19.1 Å². The van der Waals surface area contributed by atoms with Gasteiger partial charge in [-0.2, -0.15) is 13.2 Å². The van der Waals surface area contributed by atoms with Crippen molar-refractivity contribution in [3.63, 3.8) is 0 Å². The first-order chi connectivity index (χ1) is 9.20. The van der Waals surface area contributed by atoms with E-state index in [1.165, 1.54) is 30.1 Å². The van der Waals surface area contributed by atoms with Gasteiger partial charge < -0.3 is 4.90 Å². The Kier molecular flexibility index (Phi) is 5.68. The fourth-order valence-corrected chi connectivity index (χ4v) is 1.89. The molecule has 20 heavy (non-hydrogen) atoms. The first-order valence-corrected chi connectivity index (χ1v) is 6.24. The van der Waals surface area contributed by atoms with Crippen LogP contribution in [0.4, 0.5) is 17.6 Å². The SMILES string of the molecule is CC(CN(C)CCC(F)(F)F)C(=O)c1ccccc1F. The molecule has 0 amide bonds. The molecule has 0 aliphatic rings. The van der Waals surface area contributed by atoms with Crippen molar-refractivity contribution in [2.24, 2.45) is 5.92 Å². The molecule has 0 heterocycles. The van der Waals surface area contributed by atoms with Crippen LogP contribution >= 0.6 is 0 Å². The lowest BCUT2D eigenvalue weighted by Crippen LogP contribution is -2.31. The maximum absolute atomic E-state index is 13.5. The van der Waals surface area contributed by atoms with Gasteiger partial charge in [0, 0.05) is 19.0 Å². The van der Waals surface area contributed by atoms with E-state index >= 15 is 0 Å². The molecule has 0 aliphatic carbocycles. The predicted molar refractivity (Wildman–Crippen MR) is 68.1 cm³/mol. The van der Waals surface area contributed by atoms with Crippen molar-refractivity contribution in [1.82, 2.24) is 4.90 Å². The molecule has 6 heteroatoms. The Hall–Kier alpha value is -1.43. The fraction of sp³-hybridized carbons (Fsp3) is 0.500. The highest BCUT2D eigenvalue weighted by Crippen LogP contribution is 2.20. The lowest BCUT2D eigenvalue weighted by molar-refractivity contribution is -0.137. The van der Waals surface area contributed by atoms with Gasteiger partial charge in [-0.25, -0.2) is 4.39 Å². The van der Waals surface area contributed by atoms with E-state index < -0.39 is 30.1 Å². The van der Waals surface area contributed by atoms with E-state index in [4.69, 9.17) is 0 Å². The second-order valence-corrected chi connectivity index (χ2v) is 4.87. The molecular weight excluding hydrogens is 274 g/mol. The molecule has 0 radical (unpaired) electrons. The Balaban J connectivity index is 2.56. The second-order valence-electron chi connectivity index (χ2n) is 4.87. The van der Waals surface area contributed by atoms with Gasteiger partial charge in [-0.05, 0) is 19.2 Å². The average molecular weight is 291 g/mol. The Morgan fingerprint density at radius 2 is 1.90 bits per heavy atom. The van der Waals surface area contributed by atoms with Gasteiger partial charge in [0.15, 0.2) is 5.78 Å². The maximum atomic E-state index is 13.5. The molecule has 0 aliphatic heterocycles. The molecule has 0 fully saturated rings. The zero-order valence-electron chi connectivity index (χ0n) is 11.4. The summed E-state index contributed by atoms with van der Waals surface area (Å²) in [6.45, 7) is 1.56. The van der Waals surface area contributed by atoms with E-state index in [0.29, 0.717) is 0 Å². The first kappa shape index (κ1) is 16.6. The summed E-state index contributed by atoms with van der Waals surface area (Å²) in [6.07, 6.45) is -5.14. The Labute approximate surface area is 115 Å². The minimum atomic E-state index is -4.22. The molecule has 0 saturated heterocycles. The number of carbonyl (C=O) groups is 1. The lowest BCUT2D eigenvalue weighted by atomic mass is 9.98. The summed E-state index contributed by atoms with van der Waals surface area (Å²) in [5.74, 6) is -1.57. The molecule has 1 aromatic rings. The number of alkyl halides is 3. The summed E-state index contributed by atoms with van der Waals surface area (Å²) in [4.78, 5) is 13.4. The molecule has 0 aromatic heterocycles. The van der Waals surface area contributed by atoms with E-state index in [9.17, 15) is 22.4 Å². The zero-order valence-corrected chi connectivity index (χ0v) is 11.4. The number of nitrogens with zero attached hydrogens (tertiary/aromatic N) is 1. The molecule has 2 nitrogen and oxygen atoms in total. The highest BCUT2D eigenvalue weighted by Gasteiger charge is 2.28. The number of ketones is 1. The number of carbonyl (C=O) groups excluding carboxylic acids is 1. The summed E-state index contributed by atoms with van der Waals surface area (Å²) < 4.78 is 49.7. The molecule has 1 atom stereocenters. The summed E-state index contributed by atoms with van der Waals surface area (Å²) >= 11 is 0. The van der Waals surface area contributed by atoms with Crippen LogP contribution in [-0.4, -0.2) is 37.0 Å². The van der Waals surface area contributed by atoms with Crippen molar-refractivity contribution in [3.8, 4) is 0 Å². The van der Waals surface area contributed by atoms with Crippen LogP contribution in [0.3, 0.4) is 0 Å². The van der Waals surface area contributed by atoms with E-state index in [1.54, 1.807) is 13.0 Å². The van der Waals surface area contributed by atoms with Crippen LogP contribution in [0.1, 0.15) is 23.7 Å². The fourth-order valence-electron chi connectivity index (χ4n) is 1.89.